The third kappa shape index (κ3) is 2.70. The highest BCUT2D eigenvalue weighted by Crippen LogP contribution is 2.23. The number of halogens is 1. The van der Waals surface area contributed by atoms with Crippen LogP contribution in [0.15, 0.2) is 48.5 Å². The van der Waals surface area contributed by atoms with Gasteiger partial charge in [-0.1, -0.05) is 41.9 Å². The van der Waals surface area contributed by atoms with Gasteiger partial charge < -0.3 is 0 Å². The molecule has 0 amide bonds. The first kappa shape index (κ1) is 12.4. The molecule has 1 heterocycles. The van der Waals surface area contributed by atoms with Gasteiger partial charge in [-0.05, 0) is 29.3 Å². The van der Waals surface area contributed by atoms with E-state index in [2.05, 4.69) is 17.0 Å². The van der Waals surface area contributed by atoms with Crippen molar-refractivity contribution in [2.45, 2.75) is 13.1 Å². The van der Waals surface area contributed by atoms with Gasteiger partial charge in [-0.15, -0.1) is 0 Å². The Morgan fingerprint density at radius 3 is 2.63 bits per heavy atom. The van der Waals surface area contributed by atoms with Gasteiger partial charge in [0.05, 0.1) is 6.54 Å². The van der Waals surface area contributed by atoms with Crippen molar-refractivity contribution in [3.63, 3.8) is 0 Å². The second-order valence-electron chi connectivity index (χ2n) is 4.86. The van der Waals surface area contributed by atoms with E-state index in [1.165, 1.54) is 5.56 Å². The highest BCUT2D eigenvalue weighted by molar-refractivity contribution is 6.30. The largest absolute Gasteiger partial charge is 0.293 e. The van der Waals surface area contributed by atoms with Gasteiger partial charge in [-0.25, -0.2) is 0 Å². The van der Waals surface area contributed by atoms with Crippen LogP contribution in [0.3, 0.4) is 0 Å². The Balaban J connectivity index is 1.83. The van der Waals surface area contributed by atoms with Crippen LogP contribution in [0, 0.1) is 0 Å². The molecule has 0 N–H and O–H groups in total. The summed E-state index contributed by atoms with van der Waals surface area (Å²) in [6.07, 6.45) is 0. The van der Waals surface area contributed by atoms with Crippen LogP contribution in [-0.2, 0) is 13.1 Å². The number of fused-ring (bicyclic) bond motifs is 1. The van der Waals surface area contributed by atoms with E-state index in [-0.39, 0.29) is 5.78 Å². The minimum atomic E-state index is 0.175. The molecule has 0 aromatic heterocycles. The number of hydrogen-bond donors (Lipinski definition) is 0. The molecular formula is C16H14ClNO. The van der Waals surface area contributed by atoms with Crippen molar-refractivity contribution in [2.75, 3.05) is 6.54 Å². The molecular weight excluding hydrogens is 258 g/mol. The maximum absolute atomic E-state index is 12.1. The molecule has 3 heteroatoms. The minimum absolute atomic E-state index is 0.175. The second-order valence-corrected chi connectivity index (χ2v) is 5.29. The Bertz CT molecular complexity index is 609. The normalized spacial score (nSPS) is 15.3. The van der Waals surface area contributed by atoms with E-state index in [1.54, 1.807) is 6.07 Å². The summed E-state index contributed by atoms with van der Waals surface area (Å²) >= 11 is 6.00. The van der Waals surface area contributed by atoms with E-state index in [1.807, 2.05) is 30.3 Å². The summed E-state index contributed by atoms with van der Waals surface area (Å²) in [4.78, 5) is 14.3. The van der Waals surface area contributed by atoms with Gasteiger partial charge in [-0.2, -0.15) is 0 Å². The zero-order chi connectivity index (χ0) is 13.2. The Morgan fingerprint density at radius 1 is 1.05 bits per heavy atom. The topological polar surface area (TPSA) is 20.3 Å². The van der Waals surface area contributed by atoms with Crippen molar-refractivity contribution in [3.05, 3.63) is 70.2 Å². The molecule has 0 unspecified atom stereocenters. The SMILES string of the molecule is O=C1CN(Cc2ccccc2)Cc2cc(Cl)ccc21. The van der Waals surface area contributed by atoms with Crippen molar-refractivity contribution in [3.8, 4) is 0 Å². The molecule has 0 spiro atoms. The van der Waals surface area contributed by atoms with Crippen LogP contribution < -0.4 is 0 Å². The van der Waals surface area contributed by atoms with E-state index in [4.69, 9.17) is 11.6 Å². The summed E-state index contributed by atoms with van der Waals surface area (Å²) < 4.78 is 0. The van der Waals surface area contributed by atoms with Crippen molar-refractivity contribution in [2.24, 2.45) is 0 Å². The van der Waals surface area contributed by atoms with Gasteiger partial charge in [0.2, 0.25) is 0 Å². The zero-order valence-corrected chi connectivity index (χ0v) is 11.2. The van der Waals surface area contributed by atoms with Crippen LogP contribution in [0.2, 0.25) is 5.02 Å². The molecule has 0 bridgehead atoms. The van der Waals surface area contributed by atoms with Gasteiger partial charge in [0, 0.05) is 23.7 Å². The number of nitrogens with zero attached hydrogens (tertiary/aromatic N) is 1. The Morgan fingerprint density at radius 2 is 1.84 bits per heavy atom. The average Bonchev–Trinajstić information content (AvgIpc) is 2.39. The first-order valence-corrected chi connectivity index (χ1v) is 6.68. The third-order valence-electron chi connectivity index (χ3n) is 3.38. The summed E-state index contributed by atoms with van der Waals surface area (Å²) in [5.74, 6) is 0.175. The van der Waals surface area contributed by atoms with E-state index in [0.29, 0.717) is 11.6 Å². The Labute approximate surface area is 117 Å². The van der Waals surface area contributed by atoms with E-state index >= 15 is 0 Å². The van der Waals surface area contributed by atoms with Crippen molar-refractivity contribution in [1.82, 2.24) is 4.90 Å². The van der Waals surface area contributed by atoms with Crippen molar-refractivity contribution >= 4 is 17.4 Å². The molecule has 2 nitrogen and oxygen atoms in total. The maximum atomic E-state index is 12.1. The zero-order valence-electron chi connectivity index (χ0n) is 10.5. The van der Waals surface area contributed by atoms with E-state index in [9.17, 15) is 4.79 Å². The maximum Gasteiger partial charge on any atom is 0.177 e. The van der Waals surface area contributed by atoms with Crippen LogP contribution in [0.4, 0.5) is 0 Å². The summed E-state index contributed by atoms with van der Waals surface area (Å²) in [5.41, 5.74) is 3.06. The number of hydrogen-bond acceptors (Lipinski definition) is 2. The standard InChI is InChI=1S/C16H14ClNO/c17-14-6-7-15-13(8-14)10-18(11-16(15)19)9-12-4-2-1-3-5-12/h1-8H,9-11H2. The molecule has 0 aliphatic carbocycles. The molecule has 0 atom stereocenters. The number of carbonyl (C=O) groups excluding carboxylic acids is 1. The molecule has 2 aromatic rings. The van der Waals surface area contributed by atoms with Crippen LogP contribution >= 0.6 is 11.6 Å². The van der Waals surface area contributed by atoms with Crippen LogP contribution in [-0.4, -0.2) is 17.2 Å². The number of ketones is 1. The molecule has 0 saturated carbocycles. The highest BCUT2D eigenvalue weighted by atomic mass is 35.5. The fraction of sp³-hybridized carbons (Fsp3) is 0.188. The summed E-state index contributed by atoms with van der Waals surface area (Å²) in [5, 5.41) is 0.688. The minimum Gasteiger partial charge on any atom is -0.293 e. The molecule has 2 aromatic carbocycles. The average molecular weight is 272 g/mol. The predicted molar refractivity (Wildman–Crippen MR) is 76.3 cm³/mol. The van der Waals surface area contributed by atoms with Crippen LogP contribution in [0.25, 0.3) is 0 Å². The lowest BCUT2D eigenvalue weighted by molar-refractivity contribution is 0.0894. The Kier molecular flexibility index (Phi) is 3.36. The van der Waals surface area contributed by atoms with Gasteiger partial charge in [0.15, 0.2) is 5.78 Å². The monoisotopic (exact) mass is 271 g/mol. The fourth-order valence-corrected chi connectivity index (χ4v) is 2.70. The van der Waals surface area contributed by atoms with Crippen LogP contribution in [0.5, 0.6) is 0 Å². The van der Waals surface area contributed by atoms with Crippen molar-refractivity contribution < 1.29 is 4.79 Å². The number of benzene rings is 2. The molecule has 0 radical (unpaired) electrons. The van der Waals surface area contributed by atoms with Gasteiger partial charge in [-0.3, -0.25) is 9.69 Å². The smallest absolute Gasteiger partial charge is 0.177 e. The highest BCUT2D eigenvalue weighted by Gasteiger charge is 2.23. The molecule has 19 heavy (non-hydrogen) atoms. The number of Topliss-reactive ketones (excluding diaryl/α,β-unsaturated/α-hetero) is 1. The first-order valence-electron chi connectivity index (χ1n) is 6.30. The van der Waals surface area contributed by atoms with Crippen molar-refractivity contribution in [1.29, 1.82) is 0 Å². The molecule has 1 aliphatic rings. The number of carbonyl (C=O) groups is 1. The molecule has 96 valence electrons. The molecule has 0 fully saturated rings. The lowest BCUT2D eigenvalue weighted by Gasteiger charge is -2.27. The quantitative estimate of drug-likeness (QED) is 0.833. The van der Waals surface area contributed by atoms with Gasteiger partial charge in [0.25, 0.3) is 0 Å². The predicted octanol–water partition coefficient (Wildman–Crippen LogP) is 3.54. The molecule has 1 aliphatic heterocycles. The molecule has 0 saturated heterocycles. The summed E-state index contributed by atoms with van der Waals surface area (Å²) in [6, 6.07) is 15.7. The van der Waals surface area contributed by atoms with E-state index < -0.39 is 0 Å². The lowest BCUT2D eigenvalue weighted by atomic mass is 9.98. The van der Waals surface area contributed by atoms with E-state index in [0.717, 1.165) is 24.2 Å². The Hall–Kier alpha value is -1.64. The fourth-order valence-electron chi connectivity index (χ4n) is 2.50. The first-order chi connectivity index (χ1) is 9.22. The van der Waals surface area contributed by atoms with Gasteiger partial charge >= 0.3 is 0 Å². The van der Waals surface area contributed by atoms with Gasteiger partial charge in [0.1, 0.15) is 0 Å². The second kappa shape index (κ2) is 5.16. The number of rotatable bonds is 2. The van der Waals surface area contributed by atoms with Crippen LogP contribution in [0.1, 0.15) is 21.5 Å². The third-order valence-corrected chi connectivity index (χ3v) is 3.61. The summed E-state index contributed by atoms with van der Waals surface area (Å²) in [7, 11) is 0. The molecule has 3 rings (SSSR count). The summed E-state index contributed by atoms with van der Waals surface area (Å²) in [6.45, 7) is 2.04. The lowest BCUT2D eigenvalue weighted by Crippen LogP contribution is -2.34.